The van der Waals surface area contributed by atoms with E-state index in [4.69, 9.17) is 0 Å². The van der Waals surface area contributed by atoms with Crippen molar-refractivity contribution in [3.8, 4) is 0 Å². The molecule has 17 heavy (non-hydrogen) atoms. The summed E-state index contributed by atoms with van der Waals surface area (Å²) >= 11 is 3.83. The number of nitrogens with zero attached hydrogens (tertiary/aromatic N) is 2. The third kappa shape index (κ3) is 4.23. The fourth-order valence-electron chi connectivity index (χ4n) is 1.81. The number of hydrogen-bond acceptors (Lipinski definition) is 5. The lowest BCUT2D eigenvalue weighted by Gasteiger charge is -2.19. The van der Waals surface area contributed by atoms with Crippen molar-refractivity contribution < 1.29 is 0 Å². The summed E-state index contributed by atoms with van der Waals surface area (Å²) < 4.78 is 0. The van der Waals surface area contributed by atoms with Crippen molar-refractivity contribution >= 4 is 23.1 Å². The highest BCUT2D eigenvalue weighted by atomic mass is 32.2. The molecule has 1 aromatic rings. The average Bonchev–Trinajstić information content (AvgIpc) is 2.83. The van der Waals surface area contributed by atoms with Gasteiger partial charge in [0.15, 0.2) is 0 Å². The van der Waals surface area contributed by atoms with E-state index in [1.165, 1.54) is 28.6 Å². The van der Waals surface area contributed by atoms with Gasteiger partial charge in [-0.2, -0.15) is 11.8 Å². The maximum atomic E-state index is 4.33. The summed E-state index contributed by atoms with van der Waals surface area (Å²) in [6, 6.07) is 0. The topological polar surface area (TPSA) is 37.8 Å². The van der Waals surface area contributed by atoms with Crippen molar-refractivity contribution in [1.29, 1.82) is 0 Å². The first-order valence-electron chi connectivity index (χ1n) is 6.23. The van der Waals surface area contributed by atoms with Crippen molar-refractivity contribution in [2.24, 2.45) is 0 Å². The van der Waals surface area contributed by atoms with Crippen LogP contribution in [0.2, 0.25) is 0 Å². The summed E-state index contributed by atoms with van der Waals surface area (Å²) in [7, 11) is 0. The van der Waals surface area contributed by atoms with Crippen LogP contribution in [0.4, 0.5) is 0 Å². The van der Waals surface area contributed by atoms with Crippen molar-refractivity contribution in [3.63, 3.8) is 0 Å². The molecule has 0 saturated carbocycles. The van der Waals surface area contributed by atoms with E-state index in [2.05, 4.69) is 36.3 Å². The smallest absolute Gasteiger partial charge is 0.130 e. The van der Waals surface area contributed by atoms with Gasteiger partial charge < -0.3 is 5.32 Å². The zero-order valence-electron chi connectivity index (χ0n) is 10.8. The Balaban J connectivity index is 1.81. The molecule has 3 nitrogen and oxygen atoms in total. The molecule has 1 aromatic heterocycles. The average molecular weight is 271 g/mol. The van der Waals surface area contributed by atoms with Crippen molar-refractivity contribution in [2.45, 2.75) is 50.8 Å². The van der Waals surface area contributed by atoms with Crippen LogP contribution in [0.3, 0.4) is 0 Å². The highest BCUT2D eigenvalue weighted by Crippen LogP contribution is 2.40. The predicted octanol–water partition coefficient (Wildman–Crippen LogP) is 3.04. The highest BCUT2D eigenvalue weighted by Gasteiger charge is 2.21. The van der Waals surface area contributed by atoms with Gasteiger partial charge in [-0.1, -0.05) is 0 Å². The highest BCUT2D eigenvalue weighted by molar-refractivity contribution is 7.99. The second kappa shape index (κ2) is 5.67. The summed E-state index contributed by atoms with van der Waals surface area (Å²) in [6.45, 7) is 7.55. The largest absolute Gasteiger partial charge is 0.312 e. The molecule has 1 atom stereocenters. The Bertz CT molecular complexity index is 351. The minimum Gasteiger partial charge on any atom is -0.312 e. The predicted molar refractivity (Wildman–Crippen MR) is 75.8 cm³/mol. The van der Waals surface area contributed by atoms with Crippen LogP contribution in [-0.4, -0.2) is 28.0 Å². The quantitative estimate of drug-likeness (QED) is 0.913. The van der Waals surface area contributed by atoms with Crippen LogP contribution < -0.4 is 5.32 Å². The van der Waals surface area contributed by atoms with Crippen molar-refractivity contribution in [3.05, 3.63) is 10.0 Å². The van der Waals surface area contributed by atoms with Gasteiger partial charge in [-0.3, -0.25) is 0 Å². The molecule has 0 radical (unpaired) electrons. The first-order valence-corrected chi connectivity index (χ1v) is 8.10. The number of thioether (sulfide) groups is 1. The monoisotopic (exact) mass is 271 g/mol. The molecule has 1 aliphatic heterocycles. The Morgan fingerprint density at radius 2 is 2.18 bits per heavy atom. The molecule has 0 aromatic carbocycles. The third-order valence-electron chi connectivity index (χ3n) is 2.68. The summed E-state index contributed by atoms with van der Waals surface area (Å²) in [5, 5.41) is 15.1. The third-order valence-corrected chi connectivity index (χ3v) is 5.31. The van der Waals surface area contributed by atoms with Gasteiger partial charge in [0, 0.05) is 18.5 Å². The van der Waals surface area contributed by atoms with Gasteiger partial charge in [0.25, 0.3) is 0 Å². The van der Waals surface area contributed by atoms with E-state index in [1.54, 1.807) is 11.3 Å². The number of aromatic nitrogens is 2. The maximum absolute atomic E-state index is 4.33. The van der Waals surface area contributed by atoms with Crippen LogP contribution >= 0.6 is 23.1 Å². The minimum atomic E-state index is 0.189. The van der Waals surface area contributed by atoms with E-state index < -0.39 is 0 Å². The Morgan fingerprint density at radius 3 is 2.82 bits per heavy atom. The number of hydrogen-bond donors (Lipinski definition) is 1. The molecule has 0 bridgehead atoms. The van der Waals surface area contributed by atoms with E-state index in [0.29, 0.717) is 5.25 Å². The summed E-state index contributed by atoms with van der Waals surface area (Å²) in [5.74, 6) is 1.28. The standard InChI is InChI=1S/C12H21N3S2/c1-12(2,3)13-7-6-10-14-15-11(17-10)9-5-4-8-16-9/h9,13H,4-8H2,1-3H3. The van der Waals surface area contributed by atoms with E-state index in [9.17, 15) is 0 Å². The first kappa shape index (κ1) is 13.3. The van der Waals surface area contributed by atoms with Gasteiger partial charge in [0.05, 0.1) is 5.25 Å². The van der Waals surface area contributed by atoms with Gasteiger partial charge in [0.1, 0.15) is 10.0 Å². The molecule has 96 valence electrons. The summed E-state index contributed by atoms with van der Waals surface area (Å²) in [5.41, 5.74) is 0.189. The summed E-state index contributed by atoms with van der Waals surface area (Å²) in [6.07, 6.45) is 3.60. The van der Waals surface area contributed by atoms with Gasteiger partial charge >= 0.3 is 0 Å². The molecular formula is C12H21N3S2. The summed E-state index contributed by atoms with van der Waals surface area (Å²) in [4.78, 5) is 0. The van der Waals surface area contributed by atoms with Gasteiger partial charge in [-0.05, 0) is 39.4 Å². The Morgan fingerprint density at radius 1 is 1.35 bits per heavy atom. The Hall–Kier alpha value is -0.130. The molecule has 2 rings (SSSR count). The van der Waals surface area contributed by atoms with Crippen LogP contribution in [0.1, 0.15) is 48.9 Å². The van der Waals surface area contributed by atoms with Crippen LogP contribution in [0.5, 0.6) is 0 Å². The van der Waals surface area contributed by atoms with Gasteiger partial charge in [-0.25, -0.2) is 0 Å². The molecule has 1 saturated heterocycles. The SMILES string of the molecule is CC(C)(C)NCCc1nnc(C2CCCS2)s1. The molecule has 0 aliphatic carbocycles. The Kier molecular flexibility index (Phi) is 4.44. The van der Waals surface area contributed by atoms with E-state index in [0.717, 1.165) is 13.0 Å². The normalized spacial score (nSPS) is 21.0. The molecule has 1 unspecified atom stereocenters. The van der Waals surface area contributed by atoms with Gasteiger partial charge in [-0.15, -0.1) is 21.5 Å². The second-order valence-corrected chi connectivity index (χ2v) is 7.87. The lowest BCUT2D eigenvalue weighted by molar-refractivity contribution is 0.429. The molecule has 2 heterocycles. The molecular weight excluding hydrogens is 250 g/mol. The van der Waals surface area contributed by atoms with Crippen LogP contribution in [0, 0.1) is 0 Å². The fourth-order valence-corrected chi connectivity index (χ4v) is 4.16. The zero-order valence-corrected chi connectivity index (χ0v) is 12.5. The molecule has 1 N–H and O–H groups in total. The fraction of sp³-hybridized carbons (Fsp3) is 0.833. The molecule has 0 amide bonds. The maximum Gasteiger partial charge on any atom is 0.130 e. The Labute approximate surface area is 112 Å². The van der Waals surface area contributed by atoms with E-state index in [-0.39, 0.29) is 5.54 Å². The number of nitrogens with one attached hydrogen (secondary N) is 1. The lowest BCUT2D eigenvalue weighted by atomic mass is 10.1. The molecule has 0 spiro atoms. The minimum absolute atomic E-state index is 0.189. The van der Waals surface area contributed by atoms with Crippen molar-refractivity contribution in [1.82, 2.24) is 15.5 Å². The van der Waals surface area contributed by atoms with Crippen LogP contribution in [0.25, 0.3) is 0 Å². The molecule has 5 heteroatoms. The lowest BCUT2D eigenvalue weighted by Crippen LogP contribution is -2.37. The van der Waals surface area contributed by atoms with E-state index >= 15 is 0 Å². The van der Waals surface area contributed by atoms with Gasteiger partial charge in [0.2, 0.25) is 0 Å². The van der Waals surface area contributed by atoms with E-state index in [1.807, 2.05) is 11.8 Å². The van der Waals surface area contributed by atoms with Crippen molar-refractivity contribution in [2.75, 3.05) is 12.3 Å². The molecule has 1 fully saturated rings. The second-order valence-electron chi connectivity index (χ2n) is 5.46. The zero-order chi connectivity index (χ0) is 12.3. The van der Waals surface area contributed by atoms with Crippen LogP contribution in [0.15, 0.2) is 0 Å². The number of rotatable bonds is 4. The van der Waals surface area contributed by atoms with Crippen LogP contribution in [-0.2, 0) is 6.42 Å². The molecule has 1 aliphatic rings. The first-order chi connectivity index (χ1) is 8.04.